The molecule has 0 aliphatic carbocycles. The largest absolute Gasteiger partial charge is 0.464 e. The summed E-state index contributed by atoms with van der Waals surface area (Å²) >= 11 is 0. The van der Waals surface area contributed by atoms with Gasteiger partial charge in [-0.15, -0.1) is 0 Å². The molecule has 0 spiro atoms. The molecule has 0 bridgehead atoms. The van der Waals surface area contributed by atoms with E-state index < -0.39 is 11.8 Å². The van der Waals surface area contributed by atoms with Gasteiger partial charge in [-0.25, -0.2) is 4.79 Å². The third-order valence-corrected chi connectivity index (χ3v) is 2.74. The Bertz CT molecular complexity index is 327. The SMILES string of the molecule is COC(=O)C1=NNC[C@H]1[C@H]1COC(C)(C)O1. The van der Waals surface area contributed by atoms with Gasteiger partial charge in [-0.1, -0.05) is 0 Å². The van der Waals surface area contributed by atoms with Gasteiger partial charge in [-0.3, -0.25) is 0 Å². The maximum absolute atomic E-state index is 11.5. The lowest BCUT2D eigenvalue weighted by molar-refractivity contribution is -0.142. The molecule has 1 fully saturated rings. The fourth-order valence-electron chi connectivity index (χ4n) is 1.93. The summed E-state index contributed by atoms with van der Waals surface area (Å²) in [5.41, 5.74) is 3.18. The number of nitrogens with one attached hydrogen (secondary N) is 1. The average Bonchev–Trinajstić information content (AvgIpc) is 2.82. The summed E-state index contributed by atoms with van der Waals surface area (Å²) in [5, 5.41) is 3.94. The molecule has 6 nitrogen and oxygen atoms in total. The van der Waals surface area contributed by atoms with E-state index in [1.807, 2.05) is 13.8 Å². The van der Waals surface area contributed by atoms with E-state index in [4.69, 9.17) is 9.47 Å². The van der Waals surface area contributed by atoms with Crippen molar-refractivity contribution >= 4 is 11.7 Å². The molecule has 0 saturated carbocycles. The summed E-state index contributed by atoms with van der Waals surface area (Å²) in [6.45, 7) is 4.75. The van der Waals surface area contributed by atoms with E-state index in [1.54, 1.807) is 0 Å². The third kappa shape index (κ3) is 2.03. The highest BCUT2D eigenvalue weighted by molar-refractivity contribution is 6.37. The van der Waals surface area contributed by atoms with Gasteiger partial charge in [0, 0.05) is 6.54 Å². The topological polar surface area (TPSA) is 69.2 Å². The summed E-state index contributed by atoms with van der Waals surface area (Å²) < 4.78 is 15.8. The van der Waals surface area contributed by atoms with E-state index in [1.165, 1.54) is 7.11 Å². The Kier molecular flexibility index (Phi) is 2.86. The molecule has 90 valence electrons. The fraction of sp³-hybridized carbons (Fsp3) is 0.800. The van der Waals surface area contributed by atoms with Crippen molar-refractivity contribution in [1.29, 1.82) is 0 Å². The van der Waals surface area contributed by atoms with Crippen LogP contribution in [0.25, 0.3) is 0 Å². The molecule has 6 heteroatoms. The van der Waals surface area contributed by atoms with Crippen molar-refractivity contribution < 1.29 is 19.0 Å². The minimum absolute atomic E-state index is 0.103. The minimum atomic E-state index is -0.589. The van der Waals surface area contributed by atoms with Crippen molar-refractivity contribution in [1.82, 2.24) is 5.43 Å². The second kappa shape index (κ2) is 4.03. The molecular weight excluding hydrogens is 212 g/mol. The monoisotopic (exact) mass is 228 g/mol. The first kappa shape index (κ1) is 11.3. The Balaban J connectivity index is 2.06. The van der Waals surface area contributed by atoms with Gasteiger partial charge in [0.2, 0.25) is 0 Å². The normalized spacial score (nSPS) is 32.1. The third-order valence-electron chi connectivity index (χ3n) is 2.74. The van der Waals surface area contributed by atoms with Crippen LogP contribution in [0.3, 0.4) is 0 Å². The van der Waals surface area contributed by atoms with Gasteiger partial charge in [-0.05, 0) is 13.8 Å². The van der Waals surface area contributed by atoms with E-state index in [0.29, 0.717) is 18.9 Å². The van der Waals surface area contributed by atoms with Crippen molar-refractivity contribution in [2.45, 2.75) is 25.7 Å². The molecule has 1 N–H and O–H groups in total. The van der Waals surface area contributed by atoms with Crippen LogP contribution in [0, 0.1) is 5.92 Å². The standard InChI is InChI=1S/C10H16N2O4/c1-10(2)15-5-7(16-10)6-4-11-12-8(6)9(13)14-3/h6-7,11H,4-5H2,1-3H3/t6-,7+/m0/s1. The number of hydrazone groups is 1. The summed E-state index contributed by atoms with van der Waals surface area (Å²) in [6.07, 6.45) is -0.150. The number of carbonyl (C=O) groups excluding carboxylic acids is 1. The maximum Gasteiger partial charge on any atom is 0.354 e. The van der Waals surface area contributed by atoms with Gasteiger partial charge in [0.1, 0.15) is 0 Å². The Hall–Kier alpha value is -1.14. The van der Waals surface area contributed by atoms with Crippen LogP contribution in [-0.4, -0.2) is 43.8 Å². The minimum Gasteiger partial charge on any atom is -0.464 e. The van der Waals surface area contributed by atoms with E-state index in [9.17, 15) is 4.79 Å². The molecule has 2 aliphatic rings. The molecule has 2 aliphatic heterocycles. The quantitative estimate of drug-likeness (QED) is 0.668. The molecule has 0 aromatic rings. The van der Waals surface area contributed by atoms with Gasteiger partial charge in [-0.2, -0.15) is 5.10 Å². The molecule has 0 aromatic carbocycles. The van der Waals surface area contributed by atoms with Crippen LogP contribution in [-0.2, 0) is 19.0 Å². The number of rotatable bonds is 2. The molecule has 0 amide bonds. The van der Waals surface area contributed by atoms with Crippen molar-refractivity contribution in [3.8, 4) is 0 Å². The molecule has 1 saturated heterocycles. The Labute approximate surface area is 93.9 Å². The zero-order valence-electron chi connectivity index (χ0n) is 9.65. The van der Waals surface area contributed by atoms with Gasteiger partial charge < -0.3 is 19.6 Å². The van der Waals surface area contributed by atoms with Gasteiger partial charge in [0.05, 0.1) is 25.7 Å². The summed E-state index contributed by atoms with van der Waals surface area (Å²) in [7, 11) is 1.34. The predicted molar refractivity (Wildman–Crippen MR) is 55.8 cm³/mol. The highest BCUT2D eigenvalue weighted by atomic mass is 16.7. The second-order valence-corrected chi connectivity index (χ2v) is 4.32. The number of nitrogens with zero attached hydrogens (tertiary/aromatic N) is 1. The zero-order valence-corrected chi connectivity index (χ0v) is 9.65. The van der Waals surface area contributed by atoms with E-state index in [0.717, 1.165) is 0 Å². The molecular formula is C10H16N2O4. The molecule has 2 heterocycles. The number of ether oxygens (including phenoxy) is 3. The molecule has 0 aromatic heterocycles. The maximum atomic E-state index is 11.5. The summed E-state index contributed by atoms with van der Waals surface area (Å²) in [4.78, 5) is 11.5. The average molecular weight is 228 g/mol. The number of methoxy groups -OCH3 is 1. The van der Waals surface area contributed by atoms with Crippen LogP contribution in [0.5, 0.6) is 0 Å². The molecule has 2 atom stereocenters. The lowest BCUT2D eigenvalue weighted by Gasteiger charge is -2.20. The lowest BCUT2D eigenvalue weighted by Crippen LogP contribution is -2.36. The first-order valence-electron chi connectivity index (χ1n) is 5.24. The van der Waals surface area contributed by atoms with Crippen LogP contribution in [0.4, 0.5) is 0 Å². The summed E-state index contributed by atoms with van der Waals surface area (Å²) in [6, 6.07) is 0. The smallest absolute Gasteiger partial charge is 0.354 e. The van der Waals surface area contributed by atoms with Gasteiger partial charge in [0.15, 0.2) is 11.5 Å². The number of hydrogen-bond acceptors (Lipinski definition) is 6. The number of hydrogen-bond donors (Lipinski definition) is 1. The predicted octanol–water partition coefficient (Wildman–Crippen LogP) is -0.114. The molecule has 0 radical (unpaired) electrons. The Morgan fingerprint density at radius 3 is 2.94 bits per heavy atom. The highest BCUT2D eigenvalue weighted by Gasteiger charge is 2.43. The molecule has 16 heavy (non-hydrogen) atoms. The van der Waals surface area contributed by atoms with Crippen LogP contribution >= 0.6 is 0 Å². The van der Waals surface area contributed by atoms with Gasteiger partial charge >= 0.3 is 5.97 Å². The van der Waals surface area contributed by atoms with Crippen molar-refractivity contribution in [3.05, 3.63) is 0 Å². The van der Waals surface area contributed by atoms with Crippen LogP contribution < -0.4 is 5.43 Å². The van der Waals surface area contributed by atoms with Crippen molar-refractivity contribution in [3.63, 3.8) is 0 Å². The first-order chi connectivity index (χ1) is 7.53. The highest BCUT2D eigenvalue weighted by Crippen LogP contribution is 2.28. The van der Waals surface area contributed by atoms with Crippen LogP contribution in [0.2, 0.25) is 0 Å². The van der Waals surface area contributed by atoms with Crippen molar-refractivity contribution in [2.75, 3.05) is 20.3 Å². The first-order valence-corrected chi connectivity index (χ1v) is 5.24. The molecule has 2 rings (SSSR count). The Morgan fingerprint density at radius 1 is 1.62 bits per heavy atom. The van der Waals surface area contributed by atoms with E-state index >= 15 is 0 Å². The summed E-state index contributed by atoms with van der Waals surface area (Å²) in [5.74, 6) is -1.10. The van der Waals surface area contributed by atoms with Crippen LogP contribution in [0.15, 0.2) is 5.10 Å². The fourth-order valence-corrected chi connectivity index (χ4v) is 1.93. The van der Waals surface area contributed by atoms with Gasteiger partial charge in [0.25, 0.3) is 0 Å². The van der Waals surface area contributed by atoms with E-state index in [-0.39, 0.29) is 12.0 Å². The second-order valence-electron chi connectivity index (χ2n) is 4.32. The Morgan fingerprint density at radius 2 is 2.38 bits per heavy atom. The number of carbonyl (C=O) groups is 1. The van der Waals surface area contributed by atoms with Crippen LogP contribution in [0.1, 0.15) is 13.8 Å². The zero-order chi connectivity index (χ0) is 11.8. The number of esters is 1. The molecule has 0 unspecified atom stereocenters. The lowest BCUT2D eigenvalue weighted by atomic mass is 9.98. The van der Waals surface area contributed by atoms with E-state index in [2.05, 4.69) is 15.3 Å². The van der Waals surface area contributed by atoms with Crippen molar-refractivity contribution in [2.24, 2.45) is 11.0 Å².